The zero-order valence-corrected chi connectivity index (χ0v) is 23.7. The van der Waals surface area contributed by atoms with Gasteiger partial charge in [-0.1, -0.05) is 0 Å². The Hall–Kier alpha value is -2.49. The van der Waals surface area contributed by atoms with Gasteiger partial charge in [0, 0.05) is 42.3 Å². The minimum absolute atomic E-state index is 0.0412. The Bertz CT molecular complexity index is 1020. The molecule has 1 heterocycles. The van der Waals surface area contributed by atoms with Crippen LogP contribution < -0.4 is 16.4 Å². The van der Waals surface area contributed by atoms with E-state index in [1.165, 1.54) is 6.92 Å². The molecule has 1 aromatic rings. The van der Waals surface area contributed by atoms with Gasteiger partial charge in [-0.2, -0.15) is 0 Å². The van der Waals surface area contributed by atoms with Crippen molar-refractivity contribution in [1.82, 2.24) is 5.32 Å². The monoisotopic (exact) mass is 653 g/mol. The SMILES string of the molecule is CC(=O)OC[C@H]1O[C@@H](NC(=S)Nc2cc(Br)c(N)c(Br)c2)[C@@H](OC(C)=O)[C@H](OC(C)=O)[C@@H]1OC(C)=O. The molecule has 36 heavy (non-hydrogen) atoms. The van der Waals surface area contributed by atoms with Crippen LogP contribution in [0.1, 0.15) is 27.7 Å². The number of nitrogen functional groups attached to an aromatic ring is 1. The van der Waals surface area contributed by atoms with E-state index in [0.717, 1.165) is 20.8 Å². The average Bonchev–Trinajstić information content (AvgIpc) is 2.73. The molecular formula is C21H25Br2N3O9S. The first-order valence-corrected chi connectivity index (χ1v) is 12.4. The number of hydrogen-bond donors (Lipinski definition) is 3. The Labute approximate surface area is 229 Å². The topological polar surface area (TPSA) is 165 Å². The number of thiocarbonyl (C=S) groups is 1. The first-order valence-electron chi connectivity index (χ1n) is 10.4. The molecule has 0 amide bonds. The lowest BCUT2D eigenvalue weighted by Crippen LogP contribution is -2.66. The fourth-order valence-corrected chi connectivity index (χ4v) is 4.72. The first-order chi connectivity index (χ1) is 16.8. The molecule has 0 saturated carbocycles. The first kappa shape index (κ1) is 29.7. The van der Waals surface area contributed by atoms with E-state index in [2.05, 4.69) is 42.5 Å². The van der Waals surface area contributed by atoms with Crippen LogP contribution in [-0.4, -0.2) is 66.2 Å². The highest BCUT2D eigenvalue weighted by atomic mass is 79.9. The third-order valence-corrected chi connectivity index (χ3v) is 6.13. The fraction of sp³-hybridized carbons (Fsp3) is 0.476. The van der Waals surface area contributed by atoms with Gasteiger partial charge in [0.15, 0.2) is 29.7 Å². The molecule has 1 aromatic carbocycles. The molecule has 1 saturated heterocycles. The Morgan fingerprint density at radius 2 is 1.42 bits per heavy atom. The molecule has 1 aliphatic heterocycles. The normalized spacial score (nSPS) is 23.1. The number of ether oxygens (including phenoxy) is 5. The number of carbonyl (C=O) groups is 4. The Morgan fingerprint density at radius 1 is 0.917 bits per heavy atom. The summed E-state index contributed by atoms with van der Waals surface area (Å²) < 4.78 is 28.3. The largest absolute Gasteiger partial charge is 0.463 e. The maximum absolute atomic E-state index is 11.9. The van der Waals surface area contributed by atoms with Crippen LogP contribution in [0.4, 0.5) is 11.4 Å². The molecule has 5 atom stereocenters. The van der Waals surface area contributed by atoms with Crippen molar-refractivity contribution in [2.24, 2.45) is 0 Å². The second-order valence-electron chi connectivity index (χ2n) is 7.57. The molecule has 0 bridgehead atoms. The number of halogens is 2. The highest BCUT2D eigenvalue weighted by molar-refractivity contribution is 9.11. The van der Waals surface area contributed by atoms with E-state index < -0.39 is 54.5 Å². The fourth-order valence-electron chi connectivity index (χ4n) is 3.30. The van der Waals surface area contributed by atoms with Crippen molar-refractivity contribution in [2.45, 2.75) is 58.3 Å². The smallest absolute Gasteiger partial charge is 0.303 e. The van der Waals surface area contributed by atoms with Crippen molar-refractivity contribution < 1.29 is 42.9 Å². The maximum Gasteiger partial charge on any atom is 0.303 e. The Morgan fingerprint density at radius 3 is 1.92 bits per heavy atom. The lowest BCUT2D eigenvalue weighted by molar-refractivity contribution is -0.254. The lowest BCUT2D eigenvalue weighted by atomic mass is 9.97. The molecule has 1 aliphatic rings. The summed E-state index contributed by atoms with van der Waals surface area (Å²) in [5, 5.41) is 5.84. The molecule has 198 valence electrons. The number of carbonyl (C=O) groups excluding carboxylic acids is 4. The second kappa shape index (κ2) is 13.2. The molecule has 15 heteroatoms. The van der Waals surface area contributed by atoms with Crippen LogP contribution in [0.3, 0.4) is 0 Å². The summed E-state index contributed by atoms with van der Waals surface area (Å²) in [7, 11) is 0. The number of anilines is 2. The summed E-state index contributed by atoms with van der Waals surface area (Å²) in [4.78, 5) is 47.0. The lowest BCUT2D eigenvalue weighted by Gasteiger charge is -2.44. The summed E-state index contributed by atoms with van der Waals surface area (Å²) in [5.74, 6) is -2.80. The molecule has 0 aromatic heterocycles. The predicted octanol–water partition coefficient (Wildman–Crippen LogP) is 2.16. The van der Waals surface area contributed by atoms with Crippen LogP contribution in [0.2, 0.25) is 0 Å². The minimum atomic E-state index is -1.32. The van der Waals surface area contributed by atoms with Crippen molar-refractivity contribution in [2.75, 3.05) is 17.7 Å². The van der Waals surface area contributed by atoms with Crippen molar-refractivity contribution in [1.29, 1.82) is 0 Å². The van der Waals surface area contributed by atoms with E-state index in [9.17, 15) is 19.2 Å². The molecule has 1 fully saturated rings. The van der Waals surface area contributed by atoms with Crippen molar-refractivity contribution in [3.05, 3.63) is 21.1 Å². The van der Waals surface area contributed by atoms with Gasteiger partial charge in [-0.15, -0.1) is 0 Å². The number of hydrogen-bond acceptors (Lipinski definition) is 11. The Kier molecular flexibility index (Phi) is 10.9. The predicted molar refractivity (Wildman–Crippen MR) is 138 cm³/mol. The van der Waals surface area contributed by atoms with Gasteiger partial charge in [-0.3, -0.25) is 19.2 Å². The number of nitrogens with one attached hydrogen (secondary N) is 2. The van der Waals surface area contributed by atoms with Gasteiger partial charge in [-0.25, -0.2) is 0 Å². The minimum Gasteiger partial charge on any atom is -0.463 e. The number of nitrogens with two attached hydrogens (primary N) is 1. The third-order valence-electron chi connectivity index (χ3n) is 4.60. The Balaban J connectivity index is 2.38. The van der Waals surface area contributed by atoms with E-state index in [4.69, 9.17) is 41.6 Å². The second-order valence-corrected chi connectivity index (χ2v) is 9.69. The highest BCUT2D eigenvalue weighted by Crippen LogP contribution is 2.32. The van der Waals surface area contributed by atoms with Crippen molar-refractivity contribution in [3.8, 4) is 0 Å². The van der Waals surface area contributed by atoms with Gasteiger partial charge in [0.25, 0.3) is 0 Å². The van der Waals surface area contributed by atoms with E-state index in [-0.39, 0.29) is 11.7 Å². The van der Waals surface area contributed by atoms with Gasteiger partial charge >= 0.3 is 23.9 Å². The number of rotatable bonds is 7. The van der Waals surface area contributed by atoms with Crippen LogP contribution in [0.15, 0.2) is 21.1 Å². The highest BCUT2D eigenvalue weighted by Gasteiger charge is 2.52. The number of esters is 4. The van der Waals surface area contributed by atoms with Crippen LogP contribution in [-0.2, 0) is 42.9 Å². The van der Waals surface area contributed by atoms with Crippen molar-refractivity contribution in [3.63, 3.8) is 0 Å². The van der Waals surface area contributed by atoms with Crippen LogP contribution in [0, 0.1) is 0 Å². The van der Waals surface area contributed by atoms with Gasteiger partial charge in [0.2, 0.25) is 0 Å². The molecule has 4 N–H and O–H groups in total. The zero-order valence-electron chi connectivity index (χ0n) is 19.7. The summed E-state index contributed by atoms with van der Waals surface area (Å²) in [5.41, 5.74) is 6.94. The third kappa shape index (κ3) is 8.57. The summed E-state index contributed by atoms with van der Waals surface area (Å²) >= 11 is 12.1. The number of benzene rings is 1. The molecule has 0 unspecified atom stereocenters. The maximum atomic E-state index is 11.9. The van der Waals surface area contributed by atoms with E-state index in [1.807, 2.05) is 0 Å². The van der Waals surface area contributed by atoms with Crippen LogP contribution >= 0.6 is 44.1 Å². The van der Waals surface area contributed by atoms with Gasteiger partial charge in [-0.05, 0) is 56.2 Å². The molecule has 0 aliphatic carbocycles. The summed E-state index contributed by atoms with van der Waals surface area (Å²) in [6.45, 7) is 4.26. The summed E-state index contributed by atoms with van der Waals surface area (Å²) in [6.07, 6.45) is -6.18. The zero-order chi connectivity index (χ0) is 27.2. The average molecular weight is 655 g/mol. The molecule has 2 rings (SSSR count). The standard InChI is InChI=1S/C21H25Br2N3O9S/c1-8(27)31-7-15-17(32-9(2)28)18(33-10(3)29)19(34-11(4)30)20(35-15)26-21(36)25-12-5-13(22)16(24)14(23)6-12/h5-6,15,17-20H,7,24H2,1-4H3,(H2,25,26,36)/t15-,17-,18-,19+,20-/m1/s1. The van der Waals surface area contributed by atoms with Crippen LogP contribution in [0.5, 0.6) is 0 Å². The molecule has 0 radical (unpaired) electrons. The molecule has 12 nitrogen and oxygen atoms in total. The van der Waals surface area contributed by atoms with E-state index in [1.54, 1.807) is 12.1 Å². The quantitative estimate of drug-likeness (QED) is 0.170. The van der Waals surface area contributed by atoms with E-state index in [0.29, 0.717) is 20.3 Å². The van der Waals surface area contributed by atoms with E-state index >= 15 is 0 Å². The van der Waals surface area contributed by atoms with Gasteiger partial charge in [0.1, 0.15) is 12.7 Å². The van der Waals surface area contributed by atoms with Crippen molar-refractivity contribution >= 4 is 84.4 Å². The summed E-state index contributed by atoms with van der Waals surface area (Å²) in [6, 6.07) is 3.36. The molecular weight excluding hydrogens is 630 g/mol. The molecule has 0 spiro atoms. The van der Waals surface area contributed by atoms with Gasteiger partial charge in [0.05, 0.1) is 5.69 Å². The van der Waals surface area contributed by atoms with Crippen LogP contribution in [0.25, 0.3) is 0 Å². The van der Waals surface area contributed by atoms with Gasteiger partial charge < -0.3 is 40.1 Å².